The number of aliphatic hydroxyl groups is 1. The number of para-hydroxylation sites is 4. The molecule has 1 unspecified atom stereocenters. The lowest BCUT2D eigenvalue weighted by atomic mass is 9.80. The summed E-state index contributed by atoms with van der Waals surface area (Å²) >= 11 is 0. The molecule has 17 nitrogen and oxygen atoms in total. The van der Waals surface area contributed by atoms with Crippen molar-refractivity contribution >= 4 is 56.1 Å². The zero-order valence-corrected chi connectivity index (χ0v) is 59.1. The Kier molecular flexibility index (Phi) is 19.8. The van der Waals surface area contributed by atoms with E-state index in [1.807, 2.05) is 120 Å². The molecule has 0 radical (unpaired) electrons. The molecule has 2 aliphatic rings. The van der Waals surface area contributed by atoms with Crippen LogP contribution in [-0.2, 0) is 44.8 Å². The maximum absolute atomic E-state index is 13.4. The standard InChI is InChI=1S/C40H43N5O3.C33H30N4O2.C9H19NO2/c1-6-11-36-42-37-26(2)22-29(38-41-33-14-9-10-15-34(33)43(38)5)23-35(37)44(36)25-27-16-18-28(19-17-27)31-12-7-8-13-32(31)39(46)48-30-20-21-45(47)40(3,4)24-30;1-4-9-30-35-31-21(2)18-24(32-34-27-12-7-8-13-28(27)36(32)3)19-29(31)37(30)20-22-14-16-23(17-15-22)25-10-5-6-11-26(25)33(38)39;1-8(2)5-7(11)6-9(3,4)10(8)12/h7-10,12-19,22-23,30,47H,6,11,20-21,24-25H2,1-5H3;5-8,10-19H,4,9,20H2,1-3H3,(H,38,39);7,11-12H,5-6H2,1-4H3. The summed E-state index contributed by atoms with van der Waals surface area (Å²) in [6, 6.07) is 56.6. The number of piperidine rings is 2. The van der Waals surface area contributed by atoms with Crippen molar-refractivity contribution in [1.29, 1.82) is 0 Å². The van der Waals surface area contributed by atoms with Crippen LogP contribution < -0.4 is 0 Å². The number of rotatable bonds is 15. The molecule has 512 valence electrons. The van der Waals surface area contributed by atoms with Gasteiger partial charge >= 0.3 is 11.9 Å². The molecule has 0 amide bonds. The Balaban J connectivity index is 0.000000163. The Hall–Kier alpha value is -9.62. The van der Waals surface area contributed by atoms with Crippen molar-refractivity contribution in [2.24, 2.45) is 14.1 Å². The SMILES string of the molecule is CC1(C)CC(O)CC(C)(C)N1O.CCCc1nc2c(C)cc(-c3nc4ccccc4n3C)cc2n1Cc1ccc(-c2ccccc2C(=O)O)cc1.CCCc1nc2c(C)cc(-c3nc4ccccc4n3C)cc2n1Cc1ccc(-c2ccccc2C(=O)OC2CCN(O)C(C)(C)C2)cc1. The summed E-state index contributed by atoms with van der Waals surface area (Å²) in [4.78, 5) is 45.2. The Morgan fingerprint density at radius 1 is 0.515 bits per heavy atom. The van der Waals surface area contributed by atoms with E-state index >= 15 is 0 Å². The van der Waals surface area contributed by atoms with Crippen molar-refractivity contribution in [3.8, 4) is 45.0 Å². The third-order valence-corrected chi connectivity index (χ3v) is 19.8. The predicted octanol–water partition coefficient (Wildman–Crippen LogP) is 17.0. The molecule has 4 aromatic heterocycles. The second-order valence-corrected chi connectivity index (χ2v) is 28.8. The first-order valence-corrected chi connectivity index (χ1v) is 34.6. The third kappa shape index (κ3) is 14.3. The second-order valence-electron chi connectivity index (χ2n) is 28.8. The highest BCUT2D eigenvalue weighted by Crippen LogP contribution is 2.38. The molecule has 8 aromatic carbocycles. The van der Waals surface area contributed by atoms with Gasteiger partial charge in [0.15, 0.2) is 0 Å². The summed E-state index contributed by atoms with van der Waals surface area (Å²) in [5, 5.41) is 41.9. The number of carboxylic acid groups (broad SMARTS) is 1. The number of carbonyl (C=O) groups excluding carboxylic acids is 1. The van der Waals surface area contributed by atoms with Gasteiger partial charge in [-0.05, 0) is 193 Å². The second kappa shape index (κ2) is 28.3. The van der Waals surface area contributed by atoms with E-state index in [9.17, 15) is 30.2 Å². The van der Waals surface area contributed by atoms with Crippen molar-refractivity contribution in [2.45, 2.75) is 163 Å². The van der Waals surface area contributed by atoms with Crippen LogP contribution in [0.15, 0.2) is 170 Å². The number of nitrogens with zero attached hydrogens (tertiary/aromatic N) is 10. The molecule has 2 aliphatic heterocycles. The van der Waals surface area contributed by atoms with E-state index in [4.69, 9.17) is 24.7 Å². The van der Waals surface area contributed by atoms with Crippen molar-refractivity contribution in [3.63, 3.8) is 0 Å². The average molecular weight is 1330 g/mol. The van der Waals surface area contributed by atoms with E-state index in [1.54, 1.807) is 12.1 Å². The molecule has 4 N–H and O–H groups in total. The van der Waals surface area contributed by atoms with Gasteiger partial charge in [0, 0.05) is 80.7 Å². The molecular weight excluding hydrogens is 1240 g/mol. The van der Waals surface area contributed by atoms with Gasteiger partial charge < -0.3 is 43.6 Å². The summed E-state index contributed by atoms with van der Waals surface area (Å²) in [5.74, 6) is 2.77. The summed E-state index contributed by atoms with van der Waals surface area (Å²) < 4.78 is 15.0. The number of hydroxylamine groups is 4. The van der Waals surface area contributed by atoms with E-state index in [-0.39, 0.29) is 29.3 Å². The molecule has 12 aromatic rings. The fourth-order valence-corrected chi connectivity index (χ4v) is 14.8. The first-order chi connectivity index (χ1) is 47.3. The van der Waals surface area contributed by atoms with Crippen molar-refractivity contribution in [3.05, 3.63) is 215 Å². The minimum Gasteiger partial charge on any atom is -0.478 e. The summed E-state index contributed by atoms with van der Waals surface area (Å²) in [5.41, 5.74) is 18.3. The minimum absolute atomic E-state index is 0.241. The molecule has 0 saturated carbocycles. The normalized spacial score (nSPS) is 16.2. The Morgan fingerprint density at radius 2 is 0.939 bits per heavy atom. The fourth-order valence-electron chi connectivity index (χ4n) is 14.8. The van der Waals surface area contributed by atoms with Crippen LogP contribution in [-0.4, -0.2) is 116 Å². The number of hydrogen-bond acceptors (Lipinski definition) is 12. The number of imidazole rings is 4. The van der Waals surface area contributed by atoms with Crippen LogP contribution in [0.25, 0.3) is 89.2 Å². The highest BCUT2D eigenvalue weighted by Gasteiger charge is 2.44. The average Bonchev–Trinajstić information content (AvgIpc) is 1.52. The van der Waals surface area contributed by atoms with Crippen LogP contribution in [0, 0.1) is 13.8 Å². The van der Waals surface area contributed by atoms with Crippen LogP contribution in [0.4, 0.5) is 0 Å². The fraction of sp³-hybridized carbons (Fsp3) is 0.341. The number of esters is 1. The highest BCUT2D eigenvalue weighted by molar-refractivity contribution is 5.98. The predicted molar refractivity (Wildman–Crippen MR) is 393 cm³/mol. The lowest BCUT2D eigenvalue weighted by molar-refractivity contribution is -0.257. The largest absolute Gasteiger partial charge is 0.478 e. The van der Waals surface area contributed by atoms with E-state index in [0.29, 0.717) is 56.4 Å². The Bertz CT molecular complexity index is 4920. The Morgan fingerprint density at radius 3 is 1.37 bits per heavy atom. The smallest absolute Gasteiger partial charge is 0.339 e. The highest BCUT2D eigenvalue weighted by atomic mass is 16.5. The number of aryl methyl sites for hydroxylation is 6. The van der Waals surface area contributed by atoms with Crippen LogP contribution in [0.5, 0.6) is 0 Å². The van der Waals surface area contributed by atoms with E-state index in [0.717, 1.165) is 149 Å². The van der Waals surface area contributed by atoms with Gasteiger partial charge in [0.25, 0.3) is 0 Å². The van der Waals surface area contributed by atoms with Crippen LogP contribution in [0.2, 0.25) is 0 Å². The molecule has 0 aliphatic carbocycles. The first-order valence-electron chi connectivity index (χ1n) is 34.6. The molecular formula is C82H92N10O7. The van der Waals surface area contributed by atoms with Gasteiger partial charge in [0.1, 0.15) is 29.4 Å². The molecule has 0 spiro atoms. The molecule has 99 heavy (non-hydrogen) atoms. The number of benzene rings is 8. The van der Waals surface area contributed by atoms with Gasteiger partial charge in [-0.25, -0.2) is 29.5 Å². The Labute approximate surface area is 579 Å². The van der Waals surface area contributed by atoms with Gasteiger partial charge in [0.05, 0.1) is 61.4 Å². The summed E-state index contributed by atoms with van der Waals surface area (Å²) in [6.45, 7) is 22.1. The molecule has 1 atom stereocenters. The number of fused-ring (bicyclic) bond motifs is 4. The molecule has 2 saturated heterocycles. The van der Waals surface area contributed by atoms with Crippen LogP contribution in [0.1, 0.15) is 149 Å². The monoisotopic (exact) mass is 1330 g/mol. The molecule has 6 heterocycles. The summed E-state index contributed by atoms with van der Waals surface area (Å²) in [7, 11) is 4.14. The van der Waals surface area contributed by atoms with Gasteiger partial charge in [-0.15, -0.1) is 0 Å². The number of ether oxygens (including phenoxy) is 1. The molecule has 0 bridgehead atoms. The number of aromatic carboxylic acids is 1. The number of aromatic nitrogens is 8. The third-order valence-electron chi connectivity index (χ3n) is 19.8. The van der Waals surface area contributed by atoms with Crippen molar-refractivity contribution < 1.29 is 35.0 Å². The van der Waals surface area contributed by atoms with Gasteiger partial charge in [-0.2, -0.15) is 10.1 Å². The van der Waals surface area contributed by atoms with Crippen LogP contribution in [0.3, 0.4) is 0 Å². The minimum atomic E-state index is -0.921. The maximum atomic E-state index is 13.4. The van der Waals surface area contributed by atoms with Gasteiger partial charge in [0.2, 0.25) is 0 Å². The first kappa shape index (κ1) is 69.3. The quantitative estimate of drug-likeness (QED) is 0.0707. The zero-order valence-electron chi connectivity index (χ0n) is 59.1. The van der Waals surface area contributed by atoms with Crippen molar-refractivity contribution in [2.75, 3.05) is 6.54 Å². The maximum Gasteiger partial charge on any atom is 0.339 e. The van der Waals surface area contributed by atoms with E-state index in [2.05, 4.69) is 139 Å². The number of carboxylic acids is 1. The van der Waals surface area contributed by atoms with Gasteiger partial charge in [-0.1, -0.05) is 123 Å². The topological polar surface area (TPSA) is 202 Å². The number of carbonyl (C=O) groups is 2. The molecule has 17 heteroatoms. The lowest BCUT2D eigenvalue weighted by Crippen LogP contribution is -2.60. The zero-order chi connectivity index (χ0) is 70.2. The van der Waals surface area contributed by atoms with Crippen molar-refractivity contribution in [1.82, 2.24) is 48.3 Å². The lowest BCUT2D eigenvalue weighted by Gasteiger charge is -2.50. The number of aliphatic hydroxyl groups excluding tert-OH is 1. The molecule has 14 rings (SSSR count). The summed E-state index contributed by atoms with van der Waals surface area (Å²) in [6.07, 6.45) is 5.69. The molecule has 2 fully saturated rings. The van der Waals surface area contributed by atoms with E-state index < -0.39 is 11.5 Å². The van der Waals surface area contributed by atoms with Gasteiger partial charge in [-0.3, -0.25) is 0 Å². The van der Waals surface area contributed by atoms with E-state index in [1.165, 1.54) is 10.1 Å². The van der Waals surface area contributed by atoms with Crippen LogP contribution >= 0.6 is 0 Å². The number of hydrogen-bond donors (Lipinski definition) is 4.